The van der Waals surface area contributed by atoms with Gasteiger partial charge in [-0.1, -0.05) is 55.6 Å². The van der Waals surface area contributed by atoms with Gasteiger partial charge in [0.15, 0.2) is 11.6 Å². The van der Waals surface area contributed by atoms with Crippen molar-refractivity contribution in [3.63, 3.8) is 0 Å². The highest BCUT2D eigenvalue weighted by atomic mass is 79.9. The molecular formula is C22H19Br2ClO4. The maximum Gasteiger partial charge on any atom is 0.321 e. The second-order valence-electron chi connectivity index (χ2n) is 7.82. The van der Waals surface area contributed by atoms with Crippen LogP contribution in [0.1, 0.15) is 42.8 Å². The van der Waals surface area contributed by atoms with Gasteiger partial charge in [0, 0.05) is 15.1 Å². The van der Waals surface area contributed by atoms with Crippen LogP contribution in [0.2, 0.25) is 5.02 Å². The van der Waals surface area contributed by atoms with Gasteiger partial charge in [-0.15, -0.1) is 0 Å². The Labute approximate surface area is 191 Å². The van der Waals surface area contributed by atoms with Gasteiger partial charge in [-0.3, -0.25) is 14.4 Å². The van der Waals surface area contributed by atoms with Crippen molar-refractivity contribution in [2.24, 2.45) is 10.8 Å². The zero-order chi connectivity index (χ0) is 21.6. The van der Waals surface area contributed by atoms with Gasteiger partial charge in [0.05, 0.1) is 5.41 Å². The van der Waals surface area contributed by atoms with Crippen LogP contribution in [0.5, 0.6) is 0 Å². The standard InChI is InChI=1S/C22H19Br2ClO4/c1-21(2)18(13-4-8-14(23)9-5-13)29-20(28)22(3,19(21)27)17(24)16(26)12-6-10-15(25)11-7-12/h4-11,17-18H,1-3H3/t17-,18-,22-/m1/s1. The Kier molecular flexibility index (Phi) is 6.10. The van der Waals surface area contributed by atoms with Gasteiger partial charge >= 0.3 is 5.97 Å². The van der Waals surface area contributed by atoms with Gasteiger partial charge in [0.1, 0.15) is 16.3 Å². The summed E-state index contributed by atoms with van der Waals surface area (Å²) < 4.78 is 6.64. The predicted octanol–water partition coefficient (Wildman–Crippen LogP) is 5.95. The van der Waals surface area contributed by atoms with Crippen LogP contribution in [-0.2, 0) is 14.3 Å². The van der Waals surface area contributed by atoms with Crippen molar-refractivity contribution in [3.8, 4) is 0 Å². The molecule has 0 aromatic heterocycles. The van der Waals surface area contributed by atoms with Crippen molar-refractivity contribution in [3.05, 3.63) is 69.2 Å². The Bertz CT molecular complexity index is 969. The molecule has 0 aliphatic carbocycles. The molecule has 1 aliphatic rings. The van der Waals surface area contributed by atoms with Gasteiger partial charge < -0.3 is 4.74 Å². The maximum atomic E-state index is 13.5. The molecular weight excluding hydrogens is 523 g/mol. The summed E-state index contributed by atoms with van der Waals surface area (Å²) in [5, 5.41) is 0.491. The molecule has 3 rings (SSSR count). The first kappa shape index (κ1) is 22.2. The Morgan fingerprint density at radius 3 is 2.14 bits per heavy atom. The highest BCUT2D eigenvalue weighted by Crippen LogP contribution is 2.50. The van der Waals surface area contributed by atoms with E-state index in [-0.39, 0.29) is 11.6 Å². The molecule has 1 heterocycles. The number of ether oxygens (including phenoxy) is 1. The van der Waals surface area contributed by atoms with E-state index in [9.17, 15) is 14.4 Å². The second kappa shape index (κ2) is 7.97. The first-order valence-electron chi connectivity index (χ1n) is 8.95. The number of carbonyl (C=O) groups excluding carboxylic acids is 3. The molecule has 7 heteroatoms. The highest BCUT2D eigenvalue weighted by Gasteiger charge is 2.62. The molecule has 4 nitrogen and oxygen atoms in total. The summed E-state index contributed by atoms with van der Waals surface area (Å²) in [4.78, 5) is 38.5. The SMILES string of the molecule is CC1(C)C(=O)[C@@](C)([C@H](Br)C(=O)c2ccc(Cl)cc2)C(=O)O[C@@H]1c1ccc(Br)cc1. The zero-order valence-corrected chi connectivity index (χ0v) is 20.0. The molecule has 0 saturated carbocycles. The highest BCUT2D eigenvalue weighted by molar-refractivity contribution is 9.10. The lowest BCUT2D eigenvalue weighted by molar-refractivity contribution is -0.187. The van der Waals surface area contributed by atoms with E-state index in [4.69, 9.17) is 16.3 Å². The van der Waals surface area contributed by atoms with E-state index in [1.54, 1.807) is 38.1 Å². The minimum Gasteiger partial charge on any atom is -0.456 e. The van der Waals surface area contributed by atoms with Crippen molar-refractivity contribution in [1.82, 2.24) is 0 Å². The fraction of sp³-hybridized carbons (Fsp3) is 0.318. The third-order valence-electron chi connectivity index (χ3n) is 5.40. The van der Waals surface area contributed by atoms with Crippen LogP contribution < -0.4 is 0 Å². The van der Waals surface area contributed by atoms with E-state index >= 15 is 0 Å². The van der Waals surface area contributed by atoms with E-state index in [1.807, 2.05) is 24.3 Å². The number of rotatable bonds is 4. The van der Waals surface area contributed by atoms with Crippen molar-refractivity contribution in [2.75, 3.05) is 0 Å². The van der Waals surface area contributed by atoms with E-state index in [2.05, 4.69) is 31.9 Å². The fourth-order valence-corrected chi connectivity index (χ4v) is 4.67. The monoisotopic (exact) mass is 540 g/mol. The zero-order valence-electron chi connectivity index (χ0n) is 16.0. The average molecular weight is 543 g/mol. The molecule has 1 fully saturated rings. The van der Waals surface area contributed by atoms with E-state index in [0.29, 0.717) is 10.6 Å². The number of hydrogen-bond acceptors (Lipinski definition) is 4. The number of carbonyl (C=O) groups is 3. The number of alkyl halides is 1. The molecule has 1 saturated heterocycles. The number of esters is 1. The molecule has 0 N–H and O–H groups in total. The molecule has 0 bridgehead atoms. The molecule has 3 atom stereocenters. The Morgan fingerprint density at radius 2 is 1.59 bits per heavy atom. The third kappa shape index (κ3) is 3.82. The van der Waals surface area contributed by atoms with Gasteiger partial charge in [-0.05, 0) is 62.7 Å². The summed E-state index contributed by atoms with van der Waals surface area (Å²) in [6.07, 6.45) is -0.742. The number of cyclic esters (lactones) is 1. The van der Waals surface area contributed by atoms with Crippen LogP contribution in [-0.4, -0.2) is 22.4 Å². The van der Waals surface area contributed by atoms with Crippen molar-refractivity contribution in [1.29, 1.82) is 0 Å². The number of hydrogen-bond donors (Lipinski definition) is 0. The maximum absolute atomic E-state index is 13.5. The van der Waals surface area contributed by atoms with Gasteiger partial charge in [0.25, 0.3) is 0 Å². The molecule has 0 amide bonds. The summed E-state index contributed by atoms with van der Waals surface area (Å²) >= 11 is 12.6. The van der Waals surface area contributed by atoms with Crippen LogP contribution >= 0.6 is 43.5 Å². The molecule has 1 aliphatic heterocycles. The molecule has 0 spiro atoms. The summed E-state index contributed by atoms with van der Waals surface area (Å²) in [7, 11) is 0. The quantitative estimate of drug-likeness (QED) is 0.207. The smallest absolute Gasteiger partial charge is 0.321 e. The molecule has 152 valence electrons. The van der Waals surface area contributed by atoms with Crippen LogP contribution in [0.4, 0.5) is 0 Å². The van der Waals surface area contributed by atoms with Gasteiger partial charge in [0.2, 0.25) is 0 Å². The minimum absolute atomic E-state index is 0.349. The third-order valence-corrected chi connectivity index (χ3v) is 7.51. The molecule has 2 aromatic carbocycles. The molecule has 0 unspecified atom stereocenters. The van der Waals surface area contributed by atoms with Gasteiger partial charge in [-0.2, -0.15) is 0 Å². The molecule has 2 aromatic rings. The summed E-state index contributed by atoms with van der Waals surface area (Å²) in [5.74, 6) is -1.45. The number of Topliss-reactive ketones (excluding diaryl/α,β-unsaturated/α-hetero) is 2. The van der Waals surface area contributed by atoms with E-state index in [0.717, 1.165) is 10.0 Å². The first-order chi connectivity index (χ1) is 13.5. The van der Waals surface area contributed by atoms with Crippen molar-refractivity contribution < 1.29 is 19.1 Å². The van der Waals surface area contributed by atoms with Crippen molar-refractivity contribution >= 4 is 61.0 Å². The number of ketones is 2. The van der Waals surface area contributed by atoms with Crippen LogP contribution in [0.3, 0.4) is 0 Å². The van der Waals surface area contributed by atoms with E-state index < -0.39 is 27.7 Å². The Hall–Kier alpha value is -1.50. The summed E-state index contributed by atoms with van der Waals surface area (Å²) in [6, 6.07) is 13.6. The number of benzene rings is 2. The minimum atomic E-state index is -1.66. The predicted molar refractivity (Wildman–Crippen MR) is 118 cm³/mol. The lowest BCUT2D eigenvalue weighted by atomic mass is 9.64. The largest absolute Gasteiger partial charge is 0.456 e. The molecule has 0 radical (unpaired) electrons. The van der Waals surface area contributed by atoms with Crippen molar-refractivity contribution in [2.45, 2.75) is 31.7 Å². The summed E-state index contributed by atoms with van der Waals surface area (Å²) in [5.41, 5.74) is -1.61. The number of halogens is 3. The fourth-order valence-electron chi connectivity index (χ4n) is 3.62. The first-order valence-corrected chi connectivity index (χ1v) is 11.0. The summed E-state index contributed by atoms with van der Waals surface area (Å²) in [6.45, 7) is 4.93. The van der Waals surface area contributed by atoms with Crippen LogP contribution in [0, 0.1) is 10.8 Å². The Morgan fingerprint density at radius 1 is 1.03 bits per heavy atom. The molecule has 29 heavy (non-hydrogen) atoms. The lowest BCUT2D eigenvalue weighted by Gasteiger charge is -2.46. The van der Waals surface area contributed by atoms with Crippen LogP contribution in [0.15, 0.2) is 53.0 Å². The lowest BCUT2D eigenvalue weighted by Crippen LogP contribution is -2.59. The van der Waals surface area contributed by atoms with Gasteiger partial charge in [-0.25, -0.2) is 0 Å². The second-order valence-corrected chi connectivity index (χ2v) is 10.1. The average Bonchev–Trinajstić information content (AvgIpc) is 2.69. The van der Waals surface area contributed by atoms with E-state index in [1.165, 1.54) is 6.92 Å². The normalized spacial score (nSPS) is 24.7. The van der Waals surface area contributed by atoms with Crippen LogP contribution in [0.25, 0.3) is 0 Å². The Balaban J connectivity index is 1.97. The topological polar surface area (TPSA) is 60.4 Å².